The topological polar surface area (TPSA) is 79.3 Å². The third-order valence-corrected chi connectivity index (χ3v) is 5.54. The number of rotatable bonds is 5. The number of thiophene rings is 1. The number of nitrogens with one attached hydrogen (secondary N) is 1. The summed E-state index contributed by atoms with van der Waals surface area (Å²) in [4.78, 5) is 16.3. The van der Waals surface area contributed by atoms with Crippen molar-refractivity contribution in [1.82, 2.24) is 4.98 Å². The van der Waals surface area contributed by atoms with E-state index in [0.717, 1.165) is 21.8 Å². The summed E-state index contributed by atoms with van der Waals surface area (Å²) in [6.45, 7) is 0. The number of anilines is 1. The van der Waals surface area contributed by atoms with Crippen molar-refractivity contribution in [1.29, 1.82) is 0 Å². The maximum absolute atomic E-state index is 12.3. The molecule has 0 aliphatic heterocycles. The van der Waals surface area contributed by atoms with E-state index in [2.05, 4.69) is 9.71 Å². The van der Waals surface area contributed by atoms with Crippen LogP contribution in [0.5, 0.6) is 0 Å². The lowest BCUT2D eigenvalue weighted by atomic mass is 10.2. The normalized spacial score (nSPS) is 11.9. The van der Waals surface area contributed by atoms with Crippen LogP contribution in [0.4, 0.5) is 5.69 Å². The lowest BCUT2D eigenvalue weighted by Gasteiger charge is -2.04. The predicted octanol–water partition coefficient (Wildman–Crippen LogP) is 4.30. The van der Waals surface area contributed by atoms with Crippen LogP contribution in [0, 0.1) is 0 Å². The first-order valence-electron chi connectivity index (χ1n) is 6.77. The van der Waals surface area contributed by atoms with Crippen LogP contribution >= 0.6 is 22.9 Å². The molecule has 0 amide bonds. The molecule has 2 heterocycles. The Morgan fingerprint density at radius 3 is 2.58 bits per heavy atom. The summed E-state index contributed by atoms with van der Waals surface area (Å²) in [7, 11) is -1.65. The summed E-state index contributed by atoms with van der Waals surface area (Å²) in [6, 6.07) is 13.8. The number of pyridine rings is 1. The van der Waals surface area contributed by atoms with Crippen LogP contribution in [0.25, 0.3) is 10.4 Å². The maximum atomic E-state index is 12.3. The molecule has 1 unspecified atom stereocenters. The van der Waals surface area contributed by atoms with Gasteiger partial charge in [0, 0.05) is 16.1 Å². The summed E-state index contributed by atoms with van der Waals surface area (Å²) in [5.41, 5.74) is 1.13. The van der Waals surface area contributed by atoms with Gasteiger partial charge in [-0.05, 0) is 35.9 Å². The minimum absolute atomic E-state index is 0.0873. The molecule has 2 N–H and O–H groups in total. The Bertz CT molecular complexity index is 895. The van der Waals surface area contributed by atoms with Gasteiger partial charge in [-0.3, -0.25) is 4.72 Å². The molecule has 0 spiro atoms. The van der Waals surface area contributed by atoms with Crippen LogP contribution in [0.15, 0.2) is 59.8 Å². The number of hydrogen-bond donors (Lipinski definition) is 2. The molecule has 0 saturated carbocycles. The third kappa shape index (κ3) is 3.64. The van der Waals surface area contributed by atoms with E-state index in [1.807, 2.05) is 0 Å². The highest BCUT2D eigenvalue weighted by Gasteiger charge is 2.18. The van der Waals surface area contributed by atoms with E-state index in [4.69, 9.17) is 11.6 Å². The quantitative estimate of drug-likeness (QED) is 0.693. The Morgan fingerprint density at radius 1 is 1.21 bits per heavy atom. The Morgan fingerprint density at radius 2 is 1.96 bits per heavy atom. The molecule has 122 valence electrons. The largest absolute Gasteiger partial charge is 0.477 e. The number of halogens is 1. The van der Waals surface area contributed by atoms with Gasteiger partial charge in [0.1, 0.15) is 9.90 Å². The summed E-state index contributed by atoms with van der Waals surface area (Å²) < 4.78 is 15.0. The van der Waals surface area contributed by atoms with Gasteiger partial charge in [0.05, 0.1) is 5.69 Å². The molecule has 1 aromatic carbocycles. The summed E-state index contributed by atoms with van der Waals surface area (Å²) in [5.74, 6) is -1.08. The Hall–Kier alpha value is -2.22. The fraction of sp³-hybridized carbons (Fsp3) is 0. The SMILES string of the molecule is O=C(O)c1sc(-c2ccc(Cl)cc2)cc1NS(=O)c1ccccn1. The standard InChI is InChI=1S/C16H11ClN2O3S2/c17-11-6-4-10(5-7-11)13-9-12(15(23-13)16(20)21)19-24(22)14-3-1-2-8-18-14/h1-9,19H,(H,20,21). The van der Waals surface area contributed by atoms with Crippen LogP contribution in [-0.2, 0) is 11.0 Å². The van der Waals surface area contributed by atoms with E-state index in [-0.39, 0.29) is 4.88 Å². The Kier molecular flexibility index (Phi) is 4.94. The molecule has 0 aliphatic rings. The minimum atomic E-state index is -1.65. The number of carbonyl (C=O) groups is 1. The second kappa shape index (κ2) is 7.12. The zero-order chi connectivity index (χ0) is 17.1. The number of benzene rings is 1. The smallest absolute Gasteiger partial charge is 0.348 e. The van der Waals surface area contributed by atoms with Crippen LogP contribution in [0.2, 0.25) is 5.02 Å². The van der Waals surface area contributed by atoms with Crippen molar-refractivity contribution in [2.45, 2.75) is 5.03 Å². The Labute approximate surface area is 149 Å². The zero-order valence-corrected chi connectivity index (χ0v) is 14.5. The molecule has 3 aromatic rings. The lowest BCUT2D eigenvalue weighted by Crippen LogP contribution is -2.08. The number of carboxylic acids is 1. The molecular formula is C16H11ClN2O3S2. The molecule has 1 atom stereocenters. The fourth-order valence-corrected chi connectivity index (χ4v) is 3.96. The number of carboxylic acid groups (broad SMARTS) is 1. The zero-order valence-electron chi connectivity index (χ0n) is 12.1. The van der Waals surface area contributed by atoms with Gasteiger partial charge in [-0.2, -0.15) is 0 Å². The summed E-state index contributed by atoms with van der Waals surface area (Å²) in [5, 5.41) is 10.3. The first kappa shape index (κ1) is 16.6. The highest BCUT2D eigenvalue weighted by atomic mass is 35.5. The number of aromatic nitrogens is 1. The number of nitrogens with zero attached hydrogens (tertiary/aromatic N) is 1. The van der Waals surface area contributed by atoms with Gasteiger partial charge in [0.15, 0.2) is 11.0 Å². The van der Waals surface area contributed by atoms with E-state index in [0.29, 0.717) is 15.7 Å². The Balaban J connectivity index is 1.94. The molecule has 0 saturated heterocycles. The predicted molar refractivity (Wildman–Crippen MR) is 96.0 cm³/mol. The van der Waals surface area contributed by atoms with Crippen molar-refractivity contribution in [2.75, 3.05) is 4.72 Å². The molecule has 0 aliphatic carbocycles. The lowest BCUT2D eigenvalue weighted by molar-refractivity contribution is 0.0703. The van der Waals surface area contributed by atoms with Crippen LogP contribution in [0.1, 0.15) is 9.67 Å². The maximum Gasteiger partial charge on any atom is 0.348 e. The van der Waals surface area contributed by atoms with E-state index < -0.39 is 17.0 Å². The highest BCUT2D eigenvalue weighted by molar-refractivity contribution is 7.86. The number of hydrogen-bond acceptors (Lipinski definition) is 4. The van der Waals surface area contributed by atoms with E-state index in [9.17, 15) is 14.1 Å². The van der Waals surface area contributed by atoms with Crippen LogP contribution < -0.4 is 4.72 Å². The van der Waals surface area contributed by atoms with Gasteiger partial charge in [-0.25, -0.2) is 14.0 Å². The fourth-order valence-electron chi connectivity index (χ4n) is 1.99. The molecule has 5 nitrogen and oxygen atoms in total. The molecule has 0 bridgehead atoms. The third-order valence-electron chi connectivity index (χ3n) is 3.09. The van der Waals surface area contributed by atoms with E-state index in [1.54, 1.807) is 48.5 Å². The van der Waals surface area contributed by atoms with Gasteiger partial charge in [0.25, 0.3) is 0 Å². The second-order valence-corrected chi connectivity index (χ2v) is 7.35. The van der Waals surface area contributed by atoms with Crippen molar-refractivity contribution in [2.24, 2.45) is 0 Å². The summed E-state index contributed by atoms with van der Waals surface area (Å²) >= 11 is 6.98. The minimum Gasteiger partial charge on any atom is -0.477 e. The van der Waals surface area contributed by atoms with Crippen molar-refractivity contribution < 1.29 is 14.1 Å². The molecule has 0 radical (unpaired) electrons. The van der Waals surface area contributed by atoms with Crippen molar-refractivity contribution in [3.63, 3.8) is 0 Å². The van der Waals surface area contributed by atoms with Crippen LogP contribution in [0.3, 0.4) is 0 Å². The van der Waals surface area contributed by atoms with Crippen LogP contribution in [-0.4, -0.2) is 20.3 Å². The first-order chi connectivity index (χ1) is 11.5. The van der Waals surface area contributed by atoms with Gasteiger partial charge in [0.2, 0.25) is 0 Å². The molecule has 3 rings (SSSR count). The second-order valence-electron chi connectivity index (χ2n) is 4.70. The molecule has 24 heavy (non-hydrogen) atoms. The van der Waals surface area contributed by atoms with Gasteiger partial charge in [-0.15, -0.1) is 11.3 Å². The van der Waals surface area contributed by atoms with E-state index in [1.165, 1.54) is 6.20 Å². The molecular weight excluding hydrogens is 368 g/mol. The summed E-state index contributed by atoms with van der Waals surface area (Å²) in [6.07, 6.45) is 1.53. The molecule has 2 aromatic heterocycles. The number of aromatic carboxylic acids is 1. The highest BCUT2D eigenvalue weighted by Crippen LogP contribution is 2.35. The molecule has 8 heteroatoms. The first-order valence-corrected chi connectivity index (χ1v) is 9.11. The van der Waals surface area contributed by atoms with Gasteiger partial charge in [-0.1, -0.05) is 29.8 Å². The van der Waals surface area contributed by atoms with Crippen molar-refractivity contribution in [3.8, 4) is 10.4 Å². The van der Waals surface area contributed by atoms with Crippen molar-refractivity contribution in [3.05, 3.63) is 64.6 Å². The molecule has 0 fully saturated rings. The average molecular weight is 379 g/mol. The van der Waals surface area contributed by atoms with Gasteiger partial charge < -0.3 is 5.11 Å². The average Bonchev–Trinajstić information content (AvgIpc) is 3.00. The van der Waals surface area contributed by atoms with E-state index >= 15 is 0 Å². The van der Waals surface area contributed by atoms with Gasteiger partial charge >= 0.3 is 5.97 Å². The monoisotopic (exact) mass is 378 g/mol. The van der Waals surface area contributed by atoms with Crippen molar-refractivity contribution >= 4 is 45.6 Å².